The normalized spacial score (nSPS) is 18.1. The molecule has 2 heterocycles. The lowest BCUT2D eigenvalue weighted by Gasteiger charge is -2.20. The van der Waals surface area contributed by atoms with Crippen molar-refractivity contribution in [2.24, 2.45) is 0 Å². The predicted octanol–water partition coefficient (Wildman–Crippen LogP) is 28.7. The van der Waals surface area contributed by atoms with Gasteiger partial charge in [-0.15, -0.1) is 0 Å². The van der Waals surface area contributed by atoms with Crippen LogP contribution in [-0.2, 0) is 0 Å². The van der Waals surface area contributed by atoms with Crippen molar-refractivity contribution in [3.63, 3.8) is 0 Å². The van der Waals surface area contributed by atoms with Crippen LogP contribution in [-0.4, -0.2) is 0 Å². The van der Waals surface area contributed by atoms with Crippen LogP contribution in [0.3, 0.4) is 0 Å². The highest BCUT2D eigenvalue weighted by molar-refractivity contribution is 6.30. The van der Waals surface area contributed by atoms with Gasteiger partial charge in [0.2, 0.25) is 0 Å². The van der Waals surface area contributed by atoms with Gasteiger partial charge in [-0.3, -0.25) is 0 Å². The topological polar surface area (TPSA) is 26.3 Å². The molecule has 0 atom stereocenters. The standard InChI is InChI=1S/2C50H30O/c2*1-2-14-33-30-34(25-24-31(33)12-1)47-40-18-7-9-20-42(40)48(43-21-10-8-19-41(43)47)44-28-27-38(36-16-5-6-17-37(36)44)39-22-11-23-45-50(39)49-35-15-4-3-13-32(35)26-29-46(49)51-45/h2*1-30H/i1D,2D,3D,4D,5D,6D,7D,8D,9D,10D,11D,12D,13D,14D,15D,16D,17D,18D,19D,20D,21D,22D,23D,24D,25D,26D,27D,28D,29D,30D;1D,2D,7D,8D,9D,10D,12D,14D,18D,19D,20D,21D,24D,25D,30D. The van der Waals surface area contributed by atoms with Gasteiger partial charge in [-0.2, -0.15) is 0 Å². The van der Waals surface area contributed by atoms with Gasteiger partial charge in [-0.05, 0) is 211 Å². The number of fused-ring (bicyclic) bond motifs is 18. The first-order chi connectivity index (χ1) is 69.4. The van der Waals surface area contributed by atoms with Crippen LogP contribution in [0.25, 0.3) is 218 Å². The molecule has 0 radical (unpaired) electrons. The summed E-state index contributed by atoms with van der Waals surface area (Å²) in [5.74, 6) is 0. The maximum Gasteiger partial charge on any atom is 0.136 e. The van der Waals surface area contributed by atoms with Crippen molar-refractivity contribution in [2.75, 3.05) is 0 Å². The molecule has 0 spiro atoms. The Morgan fingerprint density at radius 2 is 0.598 bits per heavy atom. The Bertz CT molecular complexity index is 9960. The summed E-state index contributed by atoms with van der Waals surface area (Å²) in [6, 6.07) is -10.0. The smallest absolute Gasteiger partial charge is 0.136 e. The van der Waals surface area contributed by atoms with Crippen molar-refractivity contribution in [3.05, 3.63) is 363 Å². The van der Waals surface area contributed by atoms with Crippen molar-refractivity contribution in [3.8, 4) is 66.8 Å². The largest absolute Gasteiger partial charge is 0.456 e. The van der Waals surface area contributed by atoms with E-state index in [-0.39, 0.29) is 32.7 Å². The first kappa shape index (κ1) is 28.8. The average Bonchev–Trinajstić information content (AvgIpc) is 1.50. The average molecular weight is 1340 g/mol. The fraction of sp³-hybridized carbons (Fsp3) is 0. The van der Waals surface area contributed by atoms with Crippen LogP contribution in [0.15, 0.2) is 372 Å². The van der Waals surface area contributed by atoms with E-state index in [1.807, 2.05) is 78.9 Å². The third-order valence-corrected chi connectivity index (χ3v) is 18.4. The first-order valence-corrected chi connectivity index (χ1v) is 31.5. The molecule has 22 rings (SSSR count). The summed E-state index contributed by atoms with van der Waals surface area (Å²) < 4.78 is 422. The Balaban J connectivity index is 0.000000176. The van der Waals surface area contributed by atoms with Crippen LogP contribution in [0.4, 0.5) is 0 Å². The number of rotatable bonds is 6. The van der Waals surface area contributed by atoms with Crippen molar-refractivity contribution in [2.45, 2.75) is 0 Å². The summed E-state index contributed by atoms with van der Waals surface area (Å²) >= 11 is 0. The van der Waals surface area contributed by atoms with E-state index < -0.39 is 397 Å². The van der Waals surface area contributed by atoms with E-state index in [1.165, 1.54) is 0 Å². The first-order valence-electron chi connectivity index (χ1n) is 54.0. The molecule has 0 unspecified atom stereocenters. The molecular weight excluding hydrogens is 1230 g/mol. The fourth-order valence-electron chi connectivity index (χ4n) is 14.2. The van der Waals surface area contributed by atoms with Crippen molar-refractivity contribution in [1.82, 2.24) is 0 Å². The van der Waals surface area contributed by atoms with Gasteiger partial charge in [0.25, 0.3) is 0 Å². The SMILES string of the molecule is [2H]c1c([2H])c(-c2c([2H])c([2H])c(-c3c4c([2H])c([2H])c([2H])c([2H])c4c(-c4c([2H])c([2H])c5c([2H])c([2H])c([2H])c([2H])c5c4[2H])c4c([2H])c([2H])c([2H])c([2H])c34)c3c([2H])c([2H])c([2H])c([2H])c23)c2c(oc3c([2H])c([2H])c4c([2H])c([2H])c([2H])c([2H])c4c32)c1[2H].[2H]c1c([2H])c([2H])c2c([2H])c(-c3c4c([2H])c([2H])c([2H])c([2H])c4c(-c4ccc(-c5cccc6oc7ccc8ccccc8c7c56)c5ccccc45)c4c([2H])c([2H])c([2H])c([2H])c34)c([2H])c([2H])c2c1[2H]. The van der Waals surface area contributed by atoms with Gasteiger partial charge in [0.15, 0.2) is 0 Å². The van der Waals surface area contributed by atoms with E-state index in [9.17, 15) is 23.3 Å². The molecule has 0 aliphatic heterocycles. The third-order valence-electron chi connectivity index (χ3n) is 18.4. The molecule has 0 bridgehead atoms. The zero-order valence-electron chi connectivity index (χ0n) is 97.0. The number of hydrogen-bond donors (Lipinski definition) is 0. The van der Waals surface area contributed by atoms with Crippen LogP contribution < -0.4 is 0 Å². The molecule has 472 valence electrons. The van der Waals surface area contributed by atoms with E-state index >= 15 is 0 Å². The van der Waals surface area contributed by atoms with Crippen LogP contribution >= 0.6 is 0 Å². The van der Waals surface area contributed by atoms with Crippen LogP contribution in [0.2, 0.25) is 0 Å². The van der Waals surface area contributed by atoms with Gasteiger partial charge in [-0.25, -0.2) is 0 Å². The number of hydrogen-bond acceptors (Lipinski definition) is 2. The van der Waals surface area contributed by atoms with Gasteiger partial charge in [0, 0.05) is 21.5 Å². The highest BCUT2D eigenvalue weighted by Crippen LogP contribution is 2.52. The van der Waals surface area contributed by atoms with Crippen LogP contribution in [0, 0.1) is 0 Å². The molecule has 0 saturated heterocycles. The van der Waals surface area contributed by atoms with E-state index in [4.69, 9.17) is 47.2 Å². The number of benzene rings is 20. The highest BCUT2D eigenvalue weighted by atomic mass is 16.3. The fourth-order valence-corrected chi connectivity index (χ4v) is 14.2. The van der Waals surface area contributed by atoms with Crippen molar-refractivity contribution in [1.29, 1.82) is 0 Å². The molecule has 22 aromatic rings. The summed E-state index contributed by atoms with van der Waals surface area (Å²) in [5.41, 5.74) is -3.56. The molecule has 0 fully saturated rings. The molecule has 2 nitrogen and oxygen atoms in total. The quantitative estimate of drug-likeness (QED) is 0.155. The highest BCUT2D eigenvalue weighted by Gasteiger charge is 2.25. The van der Waals surface area contributed by atoms with Crippen molar-refractivity contribution >= 4 is 152 Å². The molecule has 0 saturated carbocycles. The van der Waals surface area contributed by atoms with Crippen LogP contribution in [0.1, 0.15) is 61.7 Å². The molecular formula is C100H60O2. The molecule has 0 amide bonds. The lowest BCUT2D eigenvalue weighted by atomic mass is 9.83. The minimum absolute atomic E-state index is 0.0373. The van der Waals surface area contributed by atoms with Crippen LogP contribution in [0.5, 0.6) is 0 Å². The summed E-state index contributed by atoms with van der Waals surface area (Å²) in [5, 5.41) is -4.84. The lowest BCUT2D eigenvalue weighted by molar-refractivity contribution is 0.669. The summed E-state index contributed by atoms with van der Waals surface area (Å²) in [6.07, 6.45) is 0. The molecule has 2 aromatic heterocycles. The minimum atomic E-state index is -1.15. The molecule has 2 heteroatoms. The summed E-state index contributed by atoms with van der Waals surface area (Å²) in [6.45, 7) is 0. The van der Waals surface area contributed by atoms with E-state index in [1.54, 1.807) is 12.1 Å². The maximum absolute atomic E-state index is 10.1. The third kappa shape index (κ3) is 8.93. The summed E-state index contributed by atoms with van der Waals surface area (Å²) in [7, 11) is 0. The minimum Gasteiger partial charge on any atom is -0.456 e. The molecule has 102 heavy (non-hydrogen) atoms. The van der Waals surface area contributed by atoms with Gasteiger partial charge >= 0.3 is 0 Å². The van der Waals surface area contributed by atoms with E-state index in [0.717, 1.165) is 32.7 Å². The Morgan fingerprint density at radius 3 is 1.21 bits per heavy atom. The summed E-state index contributed by atoms with van der Waals surface area (Å²) in [4.78, 5) is 0. The van der Waals surface area contributed by atoms with Crippen molar-refractivity contribution < 1.29 is 70.5 Å². The zero-order chi connectivity index (χ0) is 106. The lowest BCUT2D eigenvalue weighted by Crippen LogP contribution is -1.92. The molecule has 20 aromatic carbocycles. The Kier molecular flexibility index (Phi) is 6.53. The van der Waals surface area contributed by atoms with Gasteiger partial charge < -0.3 is 8.83 Å². The second-order valence-corrected chi connectivity index (χ2v) is 23.7. The second-order valence-electron chi connectivity index (χ2n) is 23.7. The molecule has 0 aliphatic carbocycles. The molecule has 0 aliphatic rings. The van der Waals surface area contributed by atoms with Gasteiger partial charge in [0.05, 0.1) is 61.7 Å². The zero-order valence-corrected chi connectivity index (χ0v) is 52.0. The maximum atomic E-state index is 10.1. The Morgan fingerprint density at radius 1 is 0.176 bits per heavy atom. The van der Waals surface area contributed by atoms with Gasteiger partial charge in [0.1, 0.15) is 22.3 Å². The second kappa shape index (κ2) is 23.1. The molecule has 0 N–H and O–H groups in total. The predicted molar refractivity (Wildman–Crippen MR) is 435 cm³/mol. The Hall–Kier alpha value is -13.4. The van der Waals surface area contributed by atoms with E-state index in [0.29, 0.717) is 27.5 Å². The number of furan rings is 2. The van der Waals surface area contributed by atoms with E-state index in [2.05, 4.69) is 0 Å². The van der Waals surface area contributed by atoms with Gasteiger partial charge in [-0.1, -0.05) is 327 Å². The Labute approximate surface area is 650 Å². The monoisotopic (exact) mass is 1340 g/mol.